The normalized spacial score (nSPS) is 21.8. The van der Waals surface area contributed by atoms with Crippen molar-refractivity contribution in [1.29, 1.82) is 0 Å². The molecule has 1 unspecified atom stereocenters. The topological polar surface area (TPSA) is 57.5 Å². The highest BCUT2D eigenvalue weighted by molar-refractivity contribution is 5.75. The third kappa shape index (κ3) is 1.78. The Balaban J connectivity index is 2.52. The summed E-state index contributed by atoms with van der Waals surface area (Å²) < 4.78 is 0. The highest BCUT2D eigenvalue weighted by Gasteiger charge is 2.46. The Kier molecular flexibility index (Phi) is 2.73. The van der Waals surface area contributed by atoms with Crippen LogP contribution in [-0.4, -0.2) is 22.8 Å². The van der Waals surface area contributed by atoms with Gasteiger partial charge in [-0.05, 0) is 38.5 Å². The molecule has 0 aromatic heterocycles. The molecule has 3 nitrogen and oxygen atoms in total. The van der Waals surface area contributed by atoms with Crippen LogP contribution in [0.4, 0.5) is 0 Å². The average Bonchev–Trinajstić information content (AvgIpc) is 2.82. The van der Waals surface area contributed by atoms with Gasteiger partial charge in [0.2, 0.25) is 0 Å². The molecule has 1 aliphatic carbocycles. The number of rotatable bonds is 5. The van der Waals surface area contributed by atoms with Crippen LogP contribution in [0.1, 0.15) is 32.6 Å². The van der Waals surface area contributed by atoms with Crippen molar-refractivity contribution in [2.75, 3.05) is 6.61 Å². The second-order valence-electron chi connectivity index (χ2n) is 3.82. The lowest BCUT2D eigenvalue weighted by Crippen LogP contribution is -2.30. The Morgan fingerprint density at radius 3 is 2.50 bits per heavy atom. The third-order valence-electron chi connectivity index (χ3n) is 2.82. The zero-order chi connectivity index (χ0) is 9.19. The van der Waals surface area contributed by atoms with Crippen molar-refractivity contribution < 1.29 is 15.0 Å². The van der Waals surface area contributed by atoms with E-state index in [1.165, 1.54) is 0 Å². The van der Waals surface area contributed by atoms with E-state index in [0.29, 0.717) is 18.8 Å². The standard InChI is InChI=1S/C9H16O3/c1-9(8(11)12,5-2-6-10)7-3-4-7/h7,10H,2-6H2,1H3,(H,11,12). The number of aliphatic carboxylic acids is 1. The van der Waals surface area contributed by atoms with Crippen LogP contribution >= 0.6 is 0 Å². The first kappa shape index (κ1) is 9.52. The zero-order valence-electron chi connectivity index (χ0n) is 7.42. The van der Waals surface area contributed by atoms with Gasteiger partial charge in [-0.25, -0.2) is 0 Å². The van der Waals surface area contributed by atoms with Gasteiger partial charge in [-0.2, -0.15) is 0 Å². The van der Waals surface area contributed by atoms with Crippen molar-refractivity contribution in [2.24, 2.45) is 11.3 Å². The van der Waals surface area contributed by atoms with Crippen LogP contribution in [-0.2, 0) is 4.79 Å². The van der Waals surface area contributed by atoms with Gasteiger partial charge in [-0.1, -0.05) is 0 Å². The molecule has 1 atom stereocenters. The smallest absolute Gasteiger partial charge is 0.309 e. The van der Waals surface area contributed by atoms with Crippen LogP contribution in [0, 0.1) is 11.3 Å². The first-order valence-electron chi connectivity index (χ1n) is 4.45. The summed E-state index contributed by atoms with van der Waals surface area (Å²) in [6, 6.07) is 0. The Morgan fingerprint density at radius 1 is 1.58 bits per heavy atom. The molecule has 0 amide bonds. The number of hydrogen-bond donors (Lipinski definition) is 2. The number of carbonyl (C=O) groups is 1. The number of carboxylic acids is 1. The summed E-state index contributed by atoms with van der Waals surface area (Å²) in [4.78, 5) is 10.9. The third-order valence-corrected chi connectivity index (χ3v) is 2.82. The number of aliphatic hydroxyl groups excluding tert-OH is 1. The van der Waals surface area contributed by atoms with Gasteiger partial charge in [-0.15, -0.1) is 0 Å². The minimum atomic E-state index is -0.710. The highest BCUT2D eigenvalue weighted by Crippen LogP contribution is 2.48. The van der Waals surface area contributed by atoms with E-state index in [1.54, 1.807) is 6.92 Å². The molecule has 1 fully saturated rings. The minimum Gasteiger partial charge on any atom is -0.481 e. The highest BCUT2D eigenvalue weighted by atomic mass is 16.4. The quantitative estimate of drug-likeness (QED) is 0.656. The molecule has 0 aromatic rings. The molecule has 1 rings (SSSR count). The van der Waals surface area contributed by atoms with Crippen molar-refractivity contribution in [1.82, 2.24) is 0 Å². The molecule has 2 N–H and O–H groups in total. The van der Waals surface area contributed by atoms with E-state index in [9.17, 15) is 4.79 Å². The Bertz CT molecular complexity index is 175. The fourth-order valence-electron chi connectivity index (χ4n) is 1.65. The van der Waals surface area contributed by atoms with E-state index in [2.05, 4.69) is 0 Å². The molecule has 0 saturated heterocycles. The molecule has 70 valence electrons. The maximum Gasteiger partial charge on any atom is 0.309 e. The average molecular weight is 172 g/mol. The summed E-state index contributed by atoms with van der Waals surface area (Å²) in [7, 11) is 0. The fraction of sp³-hybridized carbons (Fsp3) is 0.889. The van der Waals surface area contributed by atoms with Gasteiger partial charge in [-0.3, -0.25) is 4.79 Å². The molecule has 12 heavy (non-hydrogen) atoms. The minimum absolute atomic E-state index is 0.0928. The number of aliphatic hydroxyl groups is 1. The molecule has 1 saturated carbocycles. The van der Waals surface area contributed by atoms with E-state index in [4.69, 9.17) is 10.2 Å². The van der Waals surface area contributed by atoms with Gasteiger partial charge in [0.15, 0.2) is 0 Å². The first-order valence-corrected chi connectivity index (χ1v) is 4.45. The second kappa shape index (κ2) is 3.44. The molecule has 1 aliphatic rings. The van der Waals surface area contributed by atoms with Crippen LogP contribution < -0.4 is 0 Å². The molecule has 0 radical (unpaired) electrons. The van der Waals surface area contributed by atoms with Gasteiger partial charge in [0, 0.05) is 6.61 Å². The lowest BCUT2D eigenvalue weighted by atomic mass is 9.80. The van der Waals surface area contributed by atoms with Crippen LogP contribution in [0.2, 0.25) is 0 Å². The molecule has 3 heteroatoms. The lowest BCUT2D eigenvalue weighted by molar-refractivity contribution is -0.149. The van der Waals surface area contributed by atoms with Gasteiger partial charge < -0.3 is 10.2 Å². The van der Waals surface area contributed by atoms with Gasteiger partial charge in [0.25, 0.3) is 0 Å². The summed E-state index contributed by atoms with van der Waals surface area (Å²) >= 11 is 0. The van der Waals surface area contributed by atoms with Crippen molar-refractivity contribution in [2.45, 2.75) is 32.6 Å². The Morgan fingerprint density at radius 2 is 2.17 bits per heavy atom. The van der Waals surface area contributed by atoms with E-state index >= 15 is 0 Å². The monoisotopic (exact) mass is 172 g/mol. The summed E-state index contributed by atoms with van der Waals surface area (Å²) in [6.45, 7) is 1.89. The zero-order valence-corrected chi connectivity index (χ0v) is 7.42. The van der Waals surface area contributed by atoms with Crippen LogP contribution in [0.15, 0.2) is 0 Å². The maximum atomic E-state index is 10.9. The lowest BCUT2D eigenvalue weighted by Gasteiger charge is -2.23. The van der Waals surface area contributed by atoms with Crippen molar-refractivity contribution >= 4 is 5.97 Å². The molecule has 0 aromatic carbocycles. The SMILES string of the molecule is CC(CCCO)(C(=O)O)C1CC1. The van der Waals surface area contributed by atoms with Crippen LogP contribution in [0.25, 0.3) is 0 Å². The van der Waals surface area contributed by atoms with E-state index in [0.717, 1.165) is 12.8 Å². The molecule has 0 aliphatic heterocycles. The van der Waals surface area contributed by atoms with E-state index in [-0.39, 0.29) is 6.61 Å². The summed E-state index contributed by atoms with van der Waals surface area (Å²) in [6.07, 6.45) is 3.27. The number of hydrogen-bond acceptors (Lipinski definition) is 2. The first-order chi connectivity index (χ1) is 5.61. The Labute approximate surface area is 72.4 Å². The molecular formula is C9H16O3. The van der Waals surface area contributed by atoms with E-state index in [1.807, 2.05) is 0 Å². The van der Waals surface area contributed by atoms with Crippen molar-refractivity contribution in [3.05, 3.63) is 0 Å². The van der Waals surface area contributed by atoms with Gasteiger partial charge in [0.1, 0.15) is 0 Å². The summed E-state index contributed by atoms with van der Waals surface area (Å²) in [5.41, 5.74) is -0.581. The van der Waals surface area contributed by atoms with E-state index < -0.39 is 11.4 Å². The number of carboxylic acid groups (broad SMARTS) is 1. The van der Waals surface area contributed by atoms with Gasteiger partial charge >= 0.3 is 5.97 Å². The maximum absolute atomic E-state index is 10.9. The molecule has 0 spiro atoms. The molecular weight excluding hydrogens is 156 g/mol. The van der Waals surface area contributed by atoms with Crippen LogP contribution in [0.3, 0.4) is 0 Å². The Hall–Kier alpha value is -0.570. The molecule has 0 bridgehead atoms. The van der Waals surface area contributed by atoms with Crippen LogP contribution in [0.5, 0.6) is 0 Å². The molecule has 0 heterocycles. The fourth-order valence-corrected chi connectivity index (χ4v) is 1.65. The van der Waals surface area contributed by atoms with Gasteiger partial charge in [0.05, 0.1) is 5.41 Å². The summed E-state index contributed by atoms with van der Waals surface area (Å²) in [5, 5.41) is 17.6. The predicted octanol–water partition coefficient (Wildman–Crippen LogP) is 1.26. The summed E-state index contributed by atoms with van der Waals surface area (Å²) in [5.74, 6) is -0.361. The predicted molar refractivity (Wildman–Crippen MR) is 44.8 cm³/mol. The largest absolute Gasteiger partial charge is 0.481 e. The second-order valence-corrected chi connectivity index (χ2v) is 3.82. The van der Waals surface area contributed by atoms with Crippen molar-refractivity contribution in [3.63, 3.8) is 0 Å². The van der Waals surface area contributed by atoms with Crippen molar-refractivity contribution in [3.8, 4) is 0 Å².